The topological polar surface area (TPSA) is 46.2 Å². The van der Waals surface area contributed by atoms with Crippen LogP contribution in [-0.4, -0.2) is 32.5 Å². The van der Waals surface area contributed by atoms with Gasteiger partial charge < -0.3 is 5.32 Å². The number of sulfone groups is 1. The second-order valence-electron chi connectivity index (χ2n) is 5.62. The van der Waals surface area contributed by atoms with Crippen LogP contribution in [0.4, 0.5) is 0 Å². The molecule has 1 rings (SSSR count). The molecule has 4 atom stereocenters. The van der Waals surface area contributed by atoms with Gasteiger partial charge in [-0.05, 0) is 38.0 Å². The van der Waals surface area contributed by atoms with Crippen LogP contribution < -0.4 is 5.32 Å². The minimum absolute atomic E-state index is 0.0700. The molecule has 1 aliphatic rings. The van der Waals surface area contributed by atoms with Gasteiger partial charge in [0.25, 0.3) is 0 Å². The molecule has 0 bridgehead atoms. The summed E-state index contributed by atoms with van der Waals surface area (Å²) in [4.78, 5) is 0. The summed E-state index contributed by atoms with van der Waals surface area (Å²) in [5.74, 6) is 1.80. The molecule has 0 aliphatic heterocycles. The van der Waals surface area contributed by atoms with E-state index in [-0.39, 0.29) is 11.8 Å². The molecule has 1 fully saturated rings. The summed E-state index contributed by atoms with van der Waals surface area (Å²) < 4.78 is 22.3. The molecule has 4 unspecified atom stereocenters. The Morgan fingerprint density at radius 1 is 1.25 bits per heavy atom. The zero-order chi connectivity index (χ0) is 12.3. The van der Waals surface area contributed by atoms with Crippen LogP contribution in [0.3, 0.4) is 0 Å². The van der Waals surface area contributed by atoms with Gasteiger partial charge in [0.1, 0.15) is 9.84 Å². The van der Waals surface area contributed by atoms with Crippen molar-refractivity contribution in [2.75, 3.05) is 12.0 Å². The molecule has 1 aliphatic carbocycles. The Bertz CT molecular complexity index is 313. The van der Waals surface area contributed by atoms with Crippen molar-refractivity contribution >= 4 is 9.84 Å². The summed E-state index contributed by atoms with van der Waals surface area (Å²) in [7, 11) is -2.86. The smallest absolute Gasteiger partial charge is 0.148 e. The molecule has 96 valence electrons. The molecule has 0 radical (unpaired) electrons. The molecule has 0 aromatic rings. The molecule has 4 heteroatoms. The highest BCUT2D eigenvalue weighted by molar-refractivity contribution is 7.90. The molecule has 0 aromatic carbocycles. The van der Waals surface area contributed by atoms with Gasteiger partial charge in [0, 0.05) is 18.3 Å². The standard InChI is InChI=1S/C12H25NO2S/c1-9-5-6-12(7-10(9)2)13-11(3)8-16(4,14)15/h9-13H,5-8H2,1-4H3. The minimum atomic E-state index is -2.86. The first-order chi connectivity index (χ1) is 7.28. The summed E-state index contributed by atoms with van der Waals surface area (Å²) in [6.07, 6.45) is 4.91. The Labute approximate surface area is 99.9 Å². The Balaban J connectivity index is 2.38. The molecular weight excluding hydrogens is 222 g/mol. The van der Waals surface area contributed by atoms with Gasteiger partial charge in [0.2, 0.25) is 0 Å². The number of rotatable bonds is 4. The van der Waals surface area contributed by atoms with Crippen LogP contribution in [0.25, 0.3) is 0 Å². The van der Waals surface area contributed by atoms with E-state index in [4.69, 9.17) is 0 Å². The second kappa shape index (κ2) is 5.50. The quantitative estimate of drug-likeness (QED) is 0.824. The Hall–Kier alpha value is -0.0900. The number of hydrogen-bond donors (Lipinski definition) is 1. The normalized spacial score (nSPS) is 33.6. The molecule has 3 nitrogen and oxygen atoms in total. The predicted molar refractivity (Wildman–Crippen MR) is 68.3 cm³/mol. The van der Waals surface area contributed by atoms with Gasteiger partial charge in [0.15, 0.2) is 0 Å². The van der Waals surface area contributed by atoms with E-state index in [9.17, 15) is 8.42 Å². The molecule has 1 N–H and O–H groups in total. The van der Waals surface area contributed by atoms with Crippen LogP contribution >= 0.6 is 0 Å². The first-order valence-electron chi connectivity index (χ1n) is 6.21. The van der Waals surface area contributed by atoms with Crippen molar-refractivity contribution in [1.82, 2.24) is 5.32 Å². The summed E-state index contributed by atoms with van der Waals surface area (Å²) in [6, 6.07) is 0.573. The van der Waals surface area contributed by atoms with E-state index < -0.39 is 9.84 Å². The van der Waals surface area contributed by atoms with Gasteiger partial charge in [-0.1, -0.05) is 13.8 Å². The molecule has 0 heterocycles. The lowest BCUT2D eigenvalue weighted by Crippen LogP contribution is -2.43. The van der Waals surface area contributed by atoms with Gasteiger partial charge in [-0.3, -0.25) is 0 Å². The Morgan fingerprint density at radius 2 is 1.88 bits per heavy atom. The van der Waals surface area contributed by atoms with Gasteiger partial charge in [-0.25, -0.2) is 8.42 Å². The van der Waals surface area contributed by atoms with E-state index in [0.29, 0.717) is 6.04 Å². The van der Waals surface area contributed by atoms with Crippen LogP contribution in [0.15, 0.2) is 0 Å². The average Bonchev–Trinajstić information content (AvgIpc) is 2.08. The molecule has 0 amide bonds. The lowest BCUT2D eigenvalue weighted by atomic mass is 9.79. The Morgan fingerprint density at radius 3 is 2.38 bits per heavy atom. The van der Waals surface area contributed by atoms with Crippen molar-refractivity contribution in [2.24, 2.45) is 11.8 Å². The second-order valence-corrected chi connectivity index (χ2v) is 7.81. The van der Waals surface area contributed by atoms with Gasteiger partial charge in [-0.2, -0.15) is 0 Å². The SMILES string of the molecule is CC(CS(C)(=O)=O)NC1CCC(C)C(C)C1. The fourth-order valence-electron chi connectivity index (χ4n) is 2.60. The van der Waals surface area contributed by atoms with E-state index in [1.807, 2.05) is 6.92 Å². The highest BCUT2D eigenvalue weighted by Crippen LogP contribution is 2.29. The van der Waals surface area contributed by atoms with Crippen molar-refractivity contribution in [3.8, 4) is 0 Å². The third-order valence-corrected chi connectivity index (χ3v) is 4.78. The van der Waals surface area contributed by atoms with E-state index >= 15 is 0 Å². The Kier molecular flexibility index (Phi) is 4.80. The van der Waals surface area contributed by atoms with Gasteiger partial charge in [-0.15, -0.1) is 0 Å². The molecule has 0 aromatic heterocycles. The van der Waals surface area contributed by atoms with Crippen LogP contribution in [-0.2, 0) is 9.84 Å². The zero-order valence-electron chi connectivity index (χ0n) is 10.9. The van der Waals surface area contributed by atoms with Crippen molar-refractivity contribution in [3.05, 3.63) is 0 Å². The minimum Gasteiger partial charge on any atom is -0.310 e. The summed E-state index contributed by atoms with van der Waals surface area (Å²) in [6.45, 7) is 6.56. The fourth-order valence-corrected chi connectivity index (χ4v) is 3.61. The van der Waals surface area contributed by atoms with E-state index in [0.717, 1.165) is 11.8 Å². The summed E-state index contributed by atoms with van der Waals surface area (Å²) in [5.41, 5.74) is 0. The lowest BCUT2D eigenvalue weighted by Gasteiger charge is -2.34. The predicted octanol–water partition coefficient (Wildman–Crippen LogP) is 1.83. The molecular formula is C12H25NO2S. The van der Waals surface area contributed by atoms with E-state index in [1.165, 1.54) is 25.5 Å². The lowest BCUT2D eigenvalue weighted by molar-refractivity contribution is 0.219. The highest BCUT2D eigenvalue weighted by atomic mass is 32.2. The fraction of sp³-hybridized carbons (Fsp3) is 1.00. The average molecular weight is 247 g/mol. The maximum absolute atomic E-state index is 11.2. The van der Waals surface area contributed by atoms with Crippen molar-refractivity contribution in [3.63, 3.8) is 0 Å². The number of nitrogens with one attached hydrogen (secondary N) is 1. The zero-order valence-corrected chi connectivity index (χ0v) is 11.7. The van der Waals surface area contributed by atoms with Gasteiger partial charge >= 0.3 is 0 Å². The summed E-state index contributed by atoms with van der Waals surface area (Å²) >= 11 is 0. The molecule has 16 heavy (non-hydrogen) atoms. The summed E-state index contributed by atoms with van der Waals surface area (Å²) in [5, 5.41) is 3.45. The van der Waals surface area contributed by atoms with E-state index in [2.05, 4.69) is 19.2 Å². The molecule has 0 spiro atoms. The van der Waals surface area contributed by atoms with Crippen LogP contribution in [0.1, 0.15) is 40.0 Å². The third kappa shape index (κ3) is 4.83. The highest BCUT2D eigenvalue weighted by Gasteiger charge is 2.25. The van der Waals surface area contributed by atoms with Gasteiger partial charge in [0.05, 0.1) is 5.75 Å². The maximum atomic E-state index is 11.2. The first kappa shape index (κ1) is 14.0. The van der Waals surface area contributed by atoms with Crippen LogP contribution in [0.5, 0.6) is 0 Å². The molecule has 1 saturated carbocycles. The van der Waals surface area contributed by atoms with Crippen LogP contribution in [0, 0.1) is 11.8 Å². The molecule has 0 saturated heterocycles. The maximum Gasteiger partial charge on any atom is 0.148 e. The third-order valence-electron chi connectivity index (χ3n) is 3.67. The monoisotopic (exact) mass is 247 g/mol. The van der Waals surface area contributed by atoms with Crippen molar-refractivity contribution in [1.29, 1.82) is 0 Å². The van der Waals surface area contributed by atoms with Crippen molar-refractivity contribution in [2.45, 2.75) is 52.1 Å². The first-order valence-corrected chi connectivity index (χ1v) is 8.27. The largest absolute Gasteiger partial charge is 0.310 e. The number of hydrogen-bond acceptors (Lipinski definition) is 3. The van der Waals surface area contributed by atoms with Crippen molar-refractivity contribution < 1.29 is 8.42 Å². The van der Waals surface area contributed by atoms with E-state index in [1.54, 1.807) is 0 Å². The van der Waals surface area contributed by atoms with Crippen LogP contribution in [0.2, 0.25) is 0 Å².